The summed E-state index contributed by atoms with van der Waals surface area (Å²) in [5.74, 6) is 2.14. The Labute approximate surface area is 140 Å². The Morgan fingerprint density at radius 3 is 2.58 bits per heavy atom. The van der Waals surface area contributed by atoms with Crippen LogP contribution in [0.4, 0.5) is 0 Å². The van der Waals surface area contributed by atoms with Crippen LogP contribution in [-0.2, 0) is 19.5 Å². The minimum atomic E-state index is 0.0646. The van der Waals surface area contributed by atoms with Crippen molar-refractivity contribution in [2.75, 3.05) is 0 Å². The minimum absolute atomic E-state index is 0.0646. The second-order valence-corrected chi connectivity index (χ2v) is 6.36. The number of fused-ring (bicyclic) bond motifs is 1. The Morgan fingerprint density at radius 1 is 1.12 bits per heavy atom. The lowest BCUT2D eigenvalue weighted by Crippen LogP contribution is -2.34. The first-order valence-electron chi connectivity index (χ1n) is 8.14. The van der Waals surface area contributed by atoms with Crippen molar-refractivity contribution in [2.24, 2.45) is 0 Å². The van der Waals surface area contributed by atoms with E-state index < -0.39 is 0 Å². The van der Waals surface area contributed by atoms with Gasteiger partial charge < -0.3 is 8.94 Å². The van der Waals surface area contributed by atoms with Gasteiger partial charge in [-0.25, -0.2) is 0 Å². The third-order valence-electron chi connectivity index (χ3n) is 4.71. The number of aryl methyl sites for hydroxylation is 3. The molecule has 0 spiro atoms. The smallest absolute Gasteiger partial charge is 0.233 e. The molecule has 124 valence electrons. The molecule has 2 aromatic heterocycles. The van der Waals surface area contributed by atoms with Gasteiger partial charge in [-0.1, -0.05) is 29.4 Å². The van der Waals surface area contributed by atoms with E-state index in [9.17, 15) is 0 Å². The van der Waals surface area contributed by atoms with Crippen LogP contribution < -0.4 is 0 Å². The van der Waals surface area contributed by atoms with Crippen LogP contribution in [0.3, 0.4) is 0 Å². The third kappa shape index (κ3) is 2.63. The van der Waals surface area contributed by atoms with Gasteiger partial charge in [0.2, 0.25) is 11.8 Å². The van der Waals surface area contributed by atoms with Crippen molar-refractivity contribution in [1.82, 2.24) is 20.3 Å². The lowest BCUT2D eigenvalue weighted by molar-refractivity contribution is 0.136. The van der Waals surface area contributed by atoms with Crippen LogP contribution in [0.5, 0.6) is 0 Å². The van der Waals surface area contributed by atoms with Crippen molar-refractivity contribution in [3.63, 3.8) is 0 Å². The number of aromatic nitrogens is 3. The van der Waals surface area contributed by atoms with E-state index in [1.54, 1.807) is 0 Å². The molecule has 0 saturated heterocycles. The van der Waals surface area contributed by atoms with Gasteiger partial charge in [0.15, 0.2) is 0 Å². The zero-order valence-electron chi connectivity index (χ0n) is 14.1. The lowest BCUT2D eigenvalue weighted by Gasteiger charge is -2.34. The quantitative estimate of drug-likeness (QED) is 0.736. The molecule has 1 aromatic carbocycles. The van der Waals surface area contributed by atoms with E-state index in [4.69, 9.17) is 8.94 Å². The van der Waals surface area contributed by atoms with E-state index >= 15 is 0 Å². The molecular weight excluding hydrogens is 304 g/mol. The summed E-state index contributed by atoms with van der Waals surface area (Å²) in [6.45, 7) is 7.36. The summed E-state index contributed by atoms with van der Waals surface area (Å²) in [7, 11) is 0. The summed E-state index contributed by atoms with van der Waals surface area (Å²) in [5.41, 5.74) is 4.76. The van der Waals surface area contributed by atoms with Crippen LogP contribution >= 0.6 is 0 Å². The molecule has 1 aliphatic rings. The summed E-state index contributed by atoms with van der Waals surface area (Å²) in [5, 5.41) is 12.4. The molecule has 24 heavy (non-hydrogen) atoms. The van der Waals surface area contributed by atoms with Crippen LogP contribution in [-0.4, -0.2) is 20.3 Å². The molecule has 1 atom stereocenters. The second kappa shape index (κ2) is 5.87. The van der Waals surface area contributed by atoms with Crippen LogP contribution in [0.2, 0.25) is 0 Å². The average Bonchev–Trinajstić information content (AvgIpc) is 3.15. The summed E-state index contributed by atoms with van der Waals surface area (Å²) >= 11 is 0. The standard InChI is InChI=1S/C18H20N4O2/c1-11-16(12(2)24-21-11)10-22-9-15-7-5-4-6-14(15)8-17(22)18-20-19-13(3)23-18/h4-7,17H,8-10H2,1-3H3/t17-/m1/s1. The molecule has 3 heterocycles. The molecule has 0 unspecified atom stereocenters. The highest BCUT2D eigenvalue weighted by Crippen LogP contribution is 2.34. The molecule has 0 radical (unpaired) electrons. The first-order valence-corrected chi connectivity index (χ1v) is 8.14. The molecule has 0 saturated carbocycles. The van der Waals surface area contributed by atoms with Gasteiger partial charge in [0.25, 0.3) is 0 Å². The highest BCUT2D eigenvalue weighted by atomic mass is 16.5. The fraction of sp³-hybridized carbons (Fsp3) is 0.389. The topological polar surface area (TPSA) is 68.2 Å². The normalized spacial score (nSPS) is 17.9. The number of benzene rings is 1. The van der Waals surface area contributed by atoms with E-state index in [0.717, 1.165) is 36.5 Å². The van der Waals surface area contributed by atoms with Crippen molar-refractivity contribution in [2.45, 2.75) is 46.3 Å². The molecular formula is C18H20N4O2. The largest absolute Gasteiger partial charge is 0.424 e. The molecule has 0 amide bonds. The third-order valence-corrected chi connectivity index (χ3v) is 4.71. The molecule has 6 nitrogen and oxygen atoms in total. The van der Waals surface area contributed by atoms with Gasteiger partial charge in [-0.2, -0.15) is 0 Å². The van der Waals surface area contributed by atoms with Crippen LogP contribution in [0, 0.1) is 20.8 Å². The Hall–Kier alpha value is -2.47. The molecule has 3 aromatic rings. The number of nitrogens with zero attached hydrogens (tertiary/aromatic N) is 4. The second-order valence-electron chi connectivity index (χ2n) is 6.36. The van der Waals surface area contributed by atoms with Crippen molar-refractivity contribution in [3.05, 3.63) is 64.2 Å². The van der Waals surface area contributed by atoms with Crippen molar-refractivity contribution >= 4 is 0 Å². The Kier molecular flexibility index (Phi) is 3.69. The molecule has 0 N–H and O–H groups in total. The first kappa shape index (κ1) is 15.1. The molecule has 6 heteroatoms. The Balaban J connectivity index is 1.71. The molecule has 0 fully saturated rings. The summed E-state index contributed by atoms with van der Waals surface area (Å²) in [6.07, 6.45) is 0.862. The van der Waals surface area contributed by atoms with Crippen molar-refractivity contribution in [3.8, 4) is 0 Å². The Bertz CT molecular complexity index is 848. The predicted octanol–water partition coefficient (Wildman–Crippen LogP) is 3.28. The molecule has 1 aliphatic heterocycles. The minimum Gasteiger partial charge on any atom is -0.424 e. The lowest BCUT2D eigenvalue weighted by atomic mass is 9.93. The highest BCUT2D eigenvalue weighted by molar-refractivity contribution is 5.31. The van der Waals surface area contributed by atoms with Crippen molar-refractivity contribution < 1.29 is 8.94 Å². The van der Waals surface area contributed by atoms with Gasteiger partial charge in [0.05, 0.1) is 11.7 Å². The van der Waals surface area contributed by atoms with E-state index in [2.05, 4.69) is 44.5 Å². The number of rotatable bonds is 3. The van der Waals surface area contributed by atoms with E-state index in [0.29, 0.717) is 11.8 Å². The van der Waals surface area contributed by atoms with E-state index in [1.807, 2.05) is 20.8 Å². The van der Waals surface area contributed by atoms with Gasteiger partial charge in [-0.3, -0.25) is 4.90 Å². The maximum absolute atomic E-state index is 5.74. The van der Waals surface area contributed by atoms with Gasteiger partial charge in [0, 0.05) is 25.6 Å². The first-order chi connectivity index (χ1) is 11.6. The van der Waals surface area contributed by atoms with Crippen LogP contribution in [0.15, 0.2) is 33.2 Å². The summed E-state index contributed by atoms with van der Waals surface area (Å²) in [4.78, 5) is 2.36. The molecule has 4 rings (SSSR count). The fourth-order valence-corrected chi connectivity index (χ4v) is 3.36. The molecule has 0 aliphatic carbocycles. The SMILES string of the molecule is Cc1nnc([C@H]2Cc3ccccc3CN2Cc2c(C)noc2C)o1. The predicted molar refractivity (Wildman–Crippen MR) is 87.1 cm³/mol. The maximum Gasteiger partial charge on any atom is 0.233 e. The monoisotopic (exact) mass is 324 g/mol. The van der Waals surface area contributed by atoms with Gasteiger partial charge in [-0.05, 0) is 31.4 Å². The van der Waals surface area contributed by atoms with Crippen LogP contribution in [0.25, 0.3) is 0 Å². The van der Waals surface area contributed by atoms with E-state index in [-0.39, 0.29) is 6.04 Å². The van der Waals surface area contributed by atoms with Gasteiger partial charge >= 0.3 is 0 Å². The Morgan fingerprint density at radius 2 is 1.92 bits per heavy atom. The zero-order valence-corrected chi connectivity index (χ0v) is 14.1. The van der Waals surface area contributed by atoms with Crippen LogP contribution in [0.1, 0.15) is 46.0 Å². The zero-order chi connectivity index (χ0) is 16.7. The van der Waals surface area contributed by atoms with E-state index in [1.165, 1.54) is 11.1 Å². The van der Waals surface area contributed by atoms with Gasteiger partial charge in [-0.15, -0.1) is 10.2 Å². The van der Waals surface area contributed by atoms with Crippen molar-refractivity contribution in [1.29, 1.82) is 0 Å². The average molecular weight is 324 g/mol. The fourth-order valence-electron chi connectivity index (χ4n) is 3.36. The summed E-state index contributed by atoms with van der Waals surface area (Å²) < 4.78 is 11.1. The van der Waals surface area contributed by atoms with Gasteiger partial charge in [0.1, 0.15) is 5.76 Å². The number of hydrogen-bond acceptors (Lipinski definition) is 6. The summed E-state index contributed by atoms with van der Waals surface area (Å²) in [6, 6.07) is 8.60. The maximum atomic E-state index is 5.74. The molecule has 0 bridgehead atoms. The highest BCUT2D eigenvalue weighted by Gasteiger charge is 2.32. The number of hydrogen-bond donors (Lipinski definition) is 0.